The predicted octanol–water partition coefficient (Wildman–Crippen LogP) is 4.55. The van der Waals surface area contributed by atoms with Crippen molar-refractivity contribution in [2.75, 3.05) is 19.6 Å². The number of amides is 2. The Labute approximate surface area is 183 Å². The monoisotopic (exact) mass is 422 g/mol. The van der Waals surface area contributed by atoms with E-state index in [1.807, 2.05) is 63.2 Å². The van der Waals surface area contributed by atoms with Gasteiger partial charge in [-0.05, 0) is 49.1 Å². The quantitative estimate of drug-likeness (QED) is 0.481. The molecule has 31 heavy (non-hydrogen) atoms. The summed E-state index contributed by atoms with van der Waals surface area (Å²) in [5, 5.41) is 0. The number of carbonyl (C=O) groups excluding carboxylic acids is 2. The van der Waals surface area contributed by atoms with E-state index in [2.05, 4.69) is 0 Å². The van der Waals surface area contributed by atoms with Crippen LogP contribution in [0.1, 0.15) is 41.5 Å². The highest BCUT2D eigenvalue weighted by molar-refractivity contribution is 5.94. The first-order valence-electron chi connectivity index (χ1n) is 10.6. The highest BCUT2D eigenvalue weighted by Gasteiger charge is 2.25. The first kappa shape index (κ1) is 22.4. The van der Waals surface area contributed by atoms with Crippen LogP contribution in [0.25, 0.3) is 0 Å². The summed E-state index contributed by atoms with van der Waals surface area (Å²) in [5.41, 5.74) is 1.15. The lowest BCUT2D eigenvalue weighted by Gasteiger charge is -2.28. The molecule has 2 amide bonds. The third kappa shape index (κ3) is 6.60. The van der Waals surface area contributed by atoms with E-state index in [0.29, 0.717) is 19.6 Å². The molecule has 6 nitrogen and oxygen atoms in total. The number of carbonyl (C=O) groups is 2. The molecule has 0 spiro atoms. The lowest BCUT2D eigenvalue weighted by Crippen LogP contribution is -2.44. The highest BCUT2D eigenvalue weighted by Crippen LogP contribution is 2.14. The first-order valence-corrected chi connectivity index (χ1v) is 10.6. The number of furan rings is 2. The van der Waals surface area contributed by atoms with Crippen molar-refractivity contribution >= 4 is 11.8 Å². The molecule has 6 heteroatoms. The molecule has 0 aliphatic heterocycles. The normalized spacial score (nSPS) is 11.0. The zero-order valence-electron chi connectivity index (χ0n) is 18.4. The largest absolute Gasteiger partial charge is 0.464 e. The van der Waals surface area contributed by atoms with Gasteiger partial charge in [0.15, 0.2) is 5.76 Å². The fourth-order valence-electron chi connectivity index (χ4n) is 3.44. The summed E-state index contributed by atoms with van der Waals surface area (Å²) in [6.07, 6.45) is 2.19. The molecule has 0 bridgehead atoms. The van der Waals surface area contributed by atoms with E-state index in [-0.39, 0.29) is 30.0 Å². The molecule has 0 fully saturated rings. The highest BCUT2D eigenvalue weighted by atomic mass is 16.3. The van der Waals surface area contributed by atoms with E-state index in [9.17, 15) is 9.59 Å². The molecule has 2 heterocycles. The van der Waals surface area contributed by atoms with Gasteiger partial charge in [0.25, 0.3) is 5.91 Å². The SMILES string of the molecule is Cc1ccc(CN(CCc2ccccc2)C(=O)CN(CC(C)C)C(=O)c2ccco2)o1. The van der Waals surface area contributed by atoms with Crippen LogP contribution >= 0.6 is 0 Å². The van der Waals surface area contributed by atoms with Crippen LogP contribution in [0.2, 0.25) is 0 Å². The number of nitrogens with zero attached hydrogens (tertiary/aromatic N) is 2. The third-order valence-electron chi connectivity index (χ3n) is 4.94. The van der Waals surface area contributed by atoms with Crippen LogP contribution in [0.5, 0.6) is 0 Å². The second-order valence-electron chi connectivity index (χ2n) is 8.12. The van der Waals surface area contributed by atoms with Gasteiger partial charge in [0.05, 0.1) is 12.8 Å². The van der Waals surface area contributed by atoms with Crippen LogP contribution < -0.4 is 0 Å². The van der Waals surface area contributed by atoms with Crippen molar-refractivity contribution in [1.82, 2.24) is 9.80 Å². The van der Waals surface area contributed by atoms with Gasteiger partial charge in [-0.25, -0.2) is 0 Å². The Balaban J connectivity index is 1.74. The van der Waals surface area contributed by atoms with E-state index in [0.717, 1.165) is 23.5 Å². The first-order chi connectivity index (χ1) is 14.9. The number of rotatable bonds is 10. The number of aryl methyl sites for hydroxylation is 1. The summed E-state index contributed by atoms with van der Waals surface area (Å²) < 4.78 is 11.0. The number of hydrogen-bond acceptors (Lipinski definition) is 4. The van der Waals surface area contributed by atoms with E-state index in [1.165, 1.54) is 6.26 Å². The second kappa shape index (κ2) is 10.7. The van der Waals surface area contributed by atoms with E-state index < -0.39 is 0 Å². The Morgan fingerprint density at radius 2 is 1.74 bits per heavy atom. The van der Waals surface area contributed by atoms with E-state index in [1.54, 1.807) is 21.9 Å². The standard InChI is InChI=1S/C25H30N2O4/c1-19(2)16-27(25(29)23-10-7-15-30-23)18-24(28)26(17-22-12-11-20(3)31-22)14-13-21-8-5-4-6-9-21/h4-12,15,19H,13-14,16-18H2,1-3H3. The van der Waals surface area contributed by atoms with Crippen molar-refractivity contribution in [3.63, 3.8) is 0 Å². The maximum Gasteiger partial charge on any atom is 0.290 e. The van der Waals surface area contributed by atoms with Crippen molar-refractivity contribution in [2.24, 2.45) is 5.92 Å². The Morgan fingerprint density at radius 3 is 2.35 bits per heavy atom. The topological polar surface area (TPSA) is 66.9 Å². The van der Waals surface area contributed by atoms with Crippen LogP contribution in [0, 0.1) is 12.8 Å². The smallest absolute Gasteiger partial charge is 0.290 e. The van der Waals surface area contributed by atoms with Gasteiger partial charge >= 0.3 is 0 Å². The molecule has 3 aromatic rings. The van der Waals surface area contributed by atoms with E-state index >= 15 is 0 Å². The zero-order valence-corrected chi connectivity index (χ0v) is 18.4. The lowest BCUT2D eigenvalue weighted by atomic mass is 10.1. The van der Waals surface area contributed by atoms with Gasteiger partial charge in [0.2, 0.25) is 5.91 Å². The Morgan fingerprint density at radius 1 is 0.968 bits per heavy atom. The molecular formula is C25H30N2O4. The molecule has 1 aromatic carbocycles. The van der Waals surface area contributed by atoms with Gasteiger partial charge < -0.3 is 18.6 Å². The molecule has 0 aliphatic carbocycles. The fraction of sp³-hybridized carbons (Fsp3) is 0.360. The van der Waals surface area contributed by atoms with Gasteiger partial charge in [-0.3, -0.25) is 9.59 Å². The summed E-state index contributed by atoms with van der Waals surface area (Å²) in [5.74, 6) is 1.60. The maximum atomic E-state index is 13.3. The number of hydrogen-bond donors (Lipinski definition) is 0. The molecule has 3 rings (SSSR count). The van der Waals surface area contributed by atoms with Crippen molar-refractivity contribution in [3.05, 3.63) is 83.7 Å². The Kier molecular flexibility index (Phi) is 7.70. The Bertz CT molecular complexity index is 961. The van der Waals surface area contributed by atoms with Gasteiger partial charge in [-0.15, -0.1) is 0 Å². The molecule has 0 saturated heterocycles. The van der Waals surface area contributed by atoms with Crippen LogP contribution in [-0.4, -0.2) is 41.2 Å². The second-order valence-corrected chi connectivity index (χ2v) is 8.12. The van der Waals surface area contributed by atoms with Gasteiger partial charge in [-0.1, -0.05) is 44.2 Å². The van der Waals surface area contributed by atoms with Crippen molar-refractivity contribution in [2.45, 2.75) is 33.7 Å². The summed E-state index contributed by atoms with van der Waals surface area (Å²) in [4.78, 5) is 29.5. The summed E-state index contributed by atoms with van der Waals surface area (Å²) in [6.45, 7) is 7.28. The van der Waals surface area contributed by atoms with Crippen LogP contribution in [0.3, 0.4) is 0 Å². The summed E-state index contributed by atoms with van der Waals surface area (Å²) in [7, 11) is 0. The molecular weight excluding hydrogens is 392 g/mol. The predicted molar refractivity (Wildman–Crippen MR) is 118 cm³/mol. The van der Waals surface area contributed by atoms with Gasteiger partial charge in [0, 0.05) is 13.1 Å². The van der Waals surface area contributed by atoms with Crippen LogP contribution in [0.4, 0.5) is 0 Å². The molecule has 0 radical (unpaired) electrons. The minimum Gasteiger partial charge on any atom is -0.464 e. The molecule has 0 saturated carbocycles. The van der Waals surface area contributed by atoms with E-state index in [4.69, 9.17) is 8.83 Å². The fourth-order valence-corrected chi connectivity index (χ4v) is 3.44. The van der Waals surface area contributed by atoms with Crippen molar-refractivity contribution in [1.29, 1.82) is 0 Å². The Hall–Kier alpha value is -3.28. The van der Waals surface area contributed by atoms with Gasteiger partial charge in [-0.2, -0.15) is 0 Å². The zero-order chi connectivity index (χ0) is 22.2. The van der Waals surface area contributed by atoms with Gasteiger partial charge in [0.1, 0.15) is 18.1 Å². The van der Waals surface area contributed by atoms with Crippen molar-refractivity contribution < 1.29 is 18.4 Å². The minimum atomic E-state index is -0.274. The third-order valence-corrected chi connectivity index (χ3v) is 4.94. The molecule has 0 aliphatic rings. The molecule has 0 atom stereocenters. The molecule has 164 valence electrons. The molecule has 0 unspecified atom stereocenters. The number of benzene rings is 1. The average molecular weight is 423 g/mol. The summed E-state index contributed by atoms with van der Waals surface area (Å²) >= 11 is 0. The summed E-state index contributed by atoms with van der Waals surface area (Å²) in [6, 6.07) is 17.1. The molecule has 0 N–H and O–H groups in total. The maximum absolute atomic E-state index is 13.3. The van der Waals surface area contributed by atoms with Crippen LogP contribution in [0.15, 0.2) is 69.7 Å². The average Bonchev–Trinajstić information content (AvgIpc) is 3.42. The van der Waals surface area contributed by atoms with Crippen molar-refractivity contribution in [3.8, 4) is 0 Å². The van der Waals surface area contributed by atoms with Crippen LogP contribution in [-0.2, 0) is 17.8 Å². The molecule has 2 aromatic heterocycles. The lowest BCUT2D eigenvalue weighted by molar-refractivity contribution is -0.132. The minimum absolute atomic E-state index is 0.00774.